The van der Waals surface area contributed by atoms with Crippen LogP contribution >= 0.6 is 0 Å². The third-order valence-corrected chi connectivity index (χ3v) is 5.38. The number of hydrogen-bond acceptors (Lipinski definition) is 4. The highest BCUT2D eigenvalue weighted by Crippen LogP contribution is 2.21. The van der Waals surface area contributed by atoms with Crippen molar-refractivity contribution >= 4 is 6.09 Å². The molecular weight excluding hydrogens is 342 g/mol. The van der Waals surface area contributed by atoms with E-state index >= 15 is 0 Å². The Balaban J connectivity index is 1.45. The van der Waals surface area contributed by atoms with Gasteiger partial charge >= 0.3 is 6.09 Å². The average molecular weight is 376 g/mol. The van der Waals surface area contributed by atoms with Crippen LogP contribution in [0, 0.1) is 0 Å². The van der Waals surface area contributed by atoms with E-state index in [9.17, 15) is 9.90 Å². The maximum atomic E-state index is 11.5. The largest absolute Gasteiger partial charge is 0.465 e. The molecule has 1 aromatic carbocycles. The molecule has 27 heavy (non-hydrogen) atoms. The molecule has 3 rings (SSSR count). The number of morpholine rings is 2. The number of nitrogens with zero attached hydrogens (tertiary/aromatic N) is 3. The van der Waals surface area contributed by atoms with E-state index in [0.717, 1.165) is 45.7 Å². The first-order chi connectivity index (χ1) is 12.8. The predicted octanol–water partition coefficient (Wildman–Crippen LogP) is 2.74. The predicted molar refractivity (Wildman–Crippen MR) is 106 cm³/mol. The van der Waals surface area contributed by atoms with Crippen LogP contribution in [0.25, 0.3) is 0 Å². The molecule has 0 radical (unpaired) electrons. The Labute approximate surface area is 162 Å². The third-order valence-electron chi connectivity index (χ3n) is 5.38. The summed E-state index contributed by atoms with van der Waals surface area (Å²) in [6.45, 7) is 12.1. The molecule has 2 bridgehead atoms. The van der Waals surface area contributed by atoms with Gasteiger partial charge in [-0.1, -0.05) is 30.3 Å². The molecule has 1 N–H and O–H groups in total. The first-order valence-corrected chi connectivity index (χ1v) is 9.96. The molecule has 150 valence electrons. The monoisotopic (exact) mass is 375 g/mol. The van der Waals surface area contributed by atoms with Crippen LogP contribution in [0.2, 0.25) is 0 Å². The summed E-state index contributed by atoms with van der Waals surface area (Å²) < 4.78 is 6.15. The molecule has 2 atom stereocenters. The molecule has 6 heteroatoms. The summed E-state index contributed by atoms with van der Waals surface area (Å²) in [5, 5.41) is 9.41. The Kier molecular flexibility index (Phi) is 6.40. The second-order valence-corrected chi connectivity index (χ2v) is 8.78. The van der Waals surface area contributed by atoms with Gasteiger partial charge in [0.05, 0.1) is 12.2 Å². The van der Waals surface area contributed by atoms with Crippen molar-refractivity contribution in [2.45, 2.75) is 51.5 Å². The number of ether oxygens (including phenoxy) is 1. The zero-order chi connectivity index (χ0) is 19.4. The summed E-state index contributed by atoms with van der Waals surface area (Å²) in [4.78, 5) is 17.9. The maximum absolute atomic E-state index is 11.5. The van der Waals surface area contributed by atoms with Gasteiger partial charge in [-0.25, -0.2) is 4.79 Å². The smallest absolute Gasteiger partial charge is 0.407 e. The van der Waals surface area contributed by atoms with Gasteiger partial charge in [-0.3, -0.25) is 9.80 Å². The second-order valence-electron chi connectivity index (χ2n) is 8.78. The van der Waals surface area contributed by atoms with Gasteiger partial charge in [0, 0.05) is 51.4 Å². The highest BCUT2D eigenvalue weighted by Gasteiger charge is 2.35. The van der Waals surface area contributed by atoms with Gasteiger partial charge in [0.25, 0.3) is 0 Å². The number of benzene rings is 1. The number of hydrogen-bond donors (Lipinski definition) is 1. The Hall–Kier alpha value is -1.63. The van der Waals surface area contributed by atoms with Crippen LogP contribution in [0.1, 0.15) is 32.8 Å². The van der Waals surface area contributed by atoms with Gasteiger partial charge in [0.15, 0.2) is 0 Å². The van der Waals surface area contributed by atoms with Crippen LogP contribution in [0.4, 0.5) is 4.79 Å². The summed E-state index contributed by atoms with van der Waals surface area (Å²) in [5.74, 6) is 0. The van der Waals surface area contributed by atoms with Crippen molar-refractivity contribution in [2.24, 2.45) is 0 Å². The first-order valence-electron chi connectivity index (χ1n) is 9.96. The minimum Gasteiger partial charge on any atom is -0.465 e. The number of rotatable bonds is 6. The van der Waals surface area contributed by atoms with Crippen LogP contribution in [0.5, 0.6) is 0 Å². The van der Waals surface area contributed by atoms with Crippen molar-refractivity contribution < 1.29 is 14.6 Å². The molecule has 1 aromatic rings. The Bertz CT molecular complexity index is 603. The molecule has 6 nitrogen and oxygen atoms in total. The zero-order valence-corrected chi connectivity index (χ0v) is 16.8. The van der Waals surface area contributed by atoms with Crippen molar-refractivity contribution in [1.82, 2.24) is 14.7 Å². The van der Waals surface area contributed by atoms with E-state index in [1.165, 1.54) is 10.5 Å². The minimum atomic E-state index is -0.835. The Morgan fingerprint density at radius 2 is 1.70 bits per heavy atom. The van der Waals surface area contributed by atoms with Gasteiger partial charge in [0.1, 0.15) is 0 Å². The fourth-order valence-electron chi connectivity index (χ4n) is 4.18. The highest BCUT2D eigenvalue weighted by molar-refractivity contribution is 5.65. The number of carbonyl (C=O) groups is 1. The van der Waals surface area contributed by atoms with Crippen LogP contribution in [-0.2, 0) is 11.3 Å². The lowest BCUT2D eigenvalue weighted by Crippen LogP contribution is -2.59. The molecule has 0 aliphatic carbocycles. The van der Waals surface area contributed by atoms with Crippen molar-refractivity contribution in [1.29, 1.82) is 0 Å². The SMILES string of the molecule is CC(C)(C)N(CCCN1CC2CN(Cc3ccccc3)CC(C1)O2)C(=O)O. The molecule has 2 aliphatic heterocycles. The van der Waals surface area contributed by atoms with Gasteiger partial charge < -0.3 is 14.7 Å². The molecule has 2 saturated heterocycles. The quantitative estimate of drug-likeness (QED) is 0.829. The number of amides is 1. The molecule has 2 heterocycles. The molecule has 2 unspecified atom stereocenters. The van der Waals surface area contributed by atoms with Crippen molar-refractivity contribution in [3.8, 4) is 0 Å². The molecule has 1 amide bonds. The summed E-state index contributed by atoms with van der Waals surface area (Å²) in [6.07, 6.45) is 0.521. The highest BCUT2D eigenvalue weighted by atomic mass is 16.5. The lowest BCUT2D eigenvalue weighted by Gasteiger charge is -2.46. The summed E-state index contributed by atoms with van der Waals surface area (Å²) in [5.41, 5.74) is 0.996. The van der Waals surface area contributed by atoms with Crippen LogP contribution in [-0.4, -0.2) is 82.9 Å². The van der Waals surface area contributed by atoms with Crippen molar-refractivity contribution in [3.05, 3.63) is 35.9 Å². The molecule has 0 spiro atoms. The molecule has 0 aromatic heterocycles. The number of fused-ring (bicyclic) bond motifs is 2. The van der Waals surface area contributed by atoms with E-state index < -0.39 is 6.09 Å². The summed E-state index contributed by atoms with van der Waals surface area (Å²) in [7, 11) is 0. The topological polar surface area (TPSA) is 56.2 Å². The lowest BCUT2D eigenvalue weighted by atomic mass is 10.1. The Morgan fingerprint density at radius 1 is 1.11 bits per heavy atom. The van der Waals surface area contributed by atoms with Crippen LogP contribution in [0.15, 0.2) is 30.3 Å². The van der Waals surface area contributed by atoms with Crippen molar-refractivity contribution in [2.75, 3.05) is 39.3 Å². The average Bonchev–Trinajstić information content (AvgIpc) is 2.57. The third kappa shape index (κ3) is 5.67. The minimum absolute atomic E-state index is 0.249. The Morgan fingerprint density at radius 3 is 2.26 bits per heavy atom. The number of carboxylic acid groups (broad SMARTS) is 1. The summed E-state index contributed by atoms with van der Waals surface area (Å²) >= 11 is 0. The van der Waals surface area contributed by atoms with Gasteiger partial charge in [-0.2, -0.15) is 0 Å². The fraction of sp³-hybridized carbons (Fsp3) is 0.667. The standard InChI is InChI=1S/C21H33N3O3/c1-21(2,3)24(20(25)26)11-7-10-22-13-18-15-23(16-19(14-22)27-18)12-17-8-5-4-6-9-17/h4-6,8-9,18-19H,7,10-16H2,1-3H3,(H,25,26). The van der Waals surface area contributed by atoms with Gasteiger partial charge in [-0.05, 0) is 32.8 Å². The van der Waals surface area contributed by atoms with Gasteiger partial charge in [0.2, 0.25) is 0 Å². The molecule has 2 aliphatic rings. The van der Waals surface area contributed by atoms with Crippen molar-refractivity contribution in [3.63, 3.8) is 0 Å². The zero-order valence-electron chi connectivity index (χ0n) is 16.8. The van der Waals surface area contributed by atoms with Crippen LogP contribution in [0.3, 0.4) is 0 Å². The molecule has 2 fully saturated rings. The summed E-state index contributed by atoms with van der Waals surface area (Å²) in [6, 6.07) is 10.6. The first kappa shape index (κ1) is 20.1. The van der Waals surface area contributed by atoms with Crippen LogP contribution < -0.4 is 0 Å². The fourth-order valence-corrected chi connectivity index (χ4v) is 4.18. The van der Waals surface area contributed by atoms with Gasteiger partial charge in [-0.15, -0.1) is 0 Å². The normalized spacial score (nSPS) is 24.0. The molecular formula is C21H33N3O3. The van der Waals surface area contributed by atoms with E-state index in [0.29, 0.717) is 6.54 Å². The van der Waals surface area contributed by atoms with E-state index in [1.807, 2.05) is 20.8 Å². The lowest BCUT2D eigenvalue weighted by molar-refractivity contribution is -0.140. The molecule has 0 saturated carbocycles. The van der Waals surface area contributed by atoms with E-state index in [1.54, 1.807) is 0 Å². The van der Waals surface area contributed by atoms with E-state index in [4.69, 9.17) is 4.74 Å². The van der Waals surface area contributed by atoms with E-state index in [-0.39, 0.29) is 17.7 Å². The van der Waals surface area contributed by atoms with E-state index in [2.05, 4.69) is 40.1 Å². The second kappa shape index (κ2) is 8.59. The maximum Gasteiger partial charge on any atom is 0.407 e.